The fourth-order valence-electron chi connectivity index (χ4n) is 3.49. The summed E-state index contributed by atoms with van der Waals surface area (Å²) >= 11 is 0. The van der Waals surface area contributed by atoms with Crippen molar-refractivity contribution >= 4 is 17.0 Å². The molecule has 0 unspecified atom stereocenters. The molecule has 4 rings (SSSR count). The van der Waals surface area contributed by atoms with Crippen molar-refractivity contribution in [1.82, 2.24) is 15.2 Å². The Bertz CT molecular complexity index is 1140. The van der Waals surface area contributed by atoms with E-state index in [4.69, 9.17) is 4.74 Å². The molecule has 0 spiro atoms. The molecule has 3 aromatic carbocycles. The summed E-state index contributed by atoms with van der Waals surface area (Å²) in [5.74, 6) is 0.514. The van der Waals surface area contributed by atoms with Crippen LogP contribution in [0.4, 0.5) is 4.79 Å². The van der Waals surface area contributed by atoms with Crippen LogP contribution in [0.5, 0.6) is 5.75 Å². The lowest BCUT2D eigenvalue weighted by Crippen LogP contribution is -2.33. The SMILES string of the molecule is CN(C)CCNC(=O)Oc1ccc2[nH]c(-c3ccccc3)c(-c3ccccc3)c2c1. The van der Waals surface area contributed by atoms with Gasteiger partial charge in [0.1, 0.15) is 5.75 Å². The number of likely N-dealkylation sites (N-methyl/N-ethyl adjacent to an activating group) is 1. The summed E-state index contributed by atoms with van der Waals surface area (Å²) < 4.78 is 5.53. The second-order valence-electron chi connectivity index (χ2n) is 7.43. The van der Waals surface area contributed by atoms with Crippen molar-refractivity contribution in [2.24, 2.45) is 0 Å². The monoisotopic (exact) mass is 399 g/mol. The number of rotatable bonds is 6. The van der Waals surface area contributed by atoms with E-state index in [0.717, 1.165) is 39.8 Å². The molecular formula is C25H25N3O2. The Labute approximate surface area is 176 Å². The molecular weight excluding hydrogens is 374 g/mol. The Hall–Kier alpha value is -3.57. The quantitative estimate of drug-likeness (QED) is 0.471. The molecule has 0 atom stereocenters. The molecule has 4 aromatic rings. The molecule has 1 aromatic heterocycles. The Balaban J connectivity index is 1.71. The number of carbonyl (C=O) groups is 1. The maximum atomic E-state index is 12.2. The highest BCUT2D eigenvalue weighted by Crippen LogP contribution is 2.39. The molecule has 5 heteroatoms. The minimum Gasteiger partial charge on any atom is -0.410 e. The first-order chi connectivity index (χ1) is 14.6. The molecule has 0 aliphatic rings. The Morgan fingerprint density at radius 2 is 1.60 bits per heavy atom. The number of aromatic nitrogens is 1. The van der Waals surface area contributed by atoms with Crippen LogP contribution in [-0.4, -0.2) is 43.2 Å². The molecule has 30 heavy (non-hydrogen) atoms. The van der Waals surface area contributed by atoms with Gasteiger partial charge in [0, 0.05) is 29.6 Å². The van der Waals surface area contributed by atoms with E-state index in [2.05, 4.69) is 34.6 Å². The summed E-state index contributed by atoms with van der Waals surface area (Å²) in [7, 11) is 3.92. The number of hydrogen-bond acceptors (Lipinski definition) is 3. The van der Waals surface area contributed by atoms with E-state index in [1.54, 1.807) is 0 Å². The maximum Gasteiger partial charge on any atom is 0.412 e. The van der Waals surface area contributed by atoms with E-state index in [9.17, 15) is 4.79 Å². The fourth-order valence-corrected chi connectivity index (χ4v) is 3.49. The Morgan fingerprint density at radius 3 is 2.27 bits per heavy atom. The van der Waals surface area contributed by atoms with Crippen molar-refractivity contribution in [3.05, 3.63) is 78.9 Å². The normalized spacial score (nSPS) is 11.0. The topological polar surface area (TPSA) is 57.4 Å². The van der Waals surface area contributed by atoms with Gasteiger partial charge in [0.2, 0.25) is 0 Å². The van der Waals surface area contributed by atoms with Gasteiger partial charge in [-0.05, 0) is 43.4 Å². The van der Waals surface area contributed by atoms with E-state index in [0.29, 0.717) is 12.3 Å². The molecule has 1 heterocycles. The number of nitrogens with zero attached hydrogens (tertiary/aromatic N) is 1. The number of H-pyrrole nitrogens is 1. The number of hydrogen-bond donors (Lipinski definition) is 2. The van der Waals surface area contributed by atoms with Gasteiger partial charge < -0.3 is 19.9 Å². The van der Waals surface area contributed by atoms with Crippen molar-refractivity contribution in [2.75, 3.05) is 27.2 Å². The number of carbonyl (C=O) groups excluding carboxylic acids is 1. The van der Waals surface area contributed by atoms with Gasteiger partial charge in [-0.3, -0.25) is 0 Å². The van der Waals surface area contributed by atoms with E-state index < -0.39 is 6.09 Å². The molecule has 0 radical (unpaired) electrons. The Morgan fingerprint density at radius 1 is 0.933 bits per heavy atom. The summed E-state index contributed by atoms with van der Waals surface area (Å²) in [4.78, 5) is 17.7. The molecule has 0 saturated heterocycles. The zero-order valence-corrected chi connectivity index (χ0v) is 17.2. The number of ether oxygens (including phenoxy) is 1. The summed E-state index contributed by atoms with van der Waals surface area (Å²) in [5.41, 5.74) is 5.35. The predicted molar refractivity (Wildman–Crippen MR) is 122 cm³/mol. The van der Waals surface area contributed by atoms with Crippen LogP contribution >= 0.6 is 0 Å². The van der Waals surface area contributed by atoms with Crippen LogP contribution in [0.1, 0.15) is 0 Å². The van der Waals surface area contributed by atoms with Crippen LogP contribution in [-0.2, 0) is 0 Å². The third-order valence-electron chi connectivity index (χ3n) is 4.93. The van der Waals surface area contributed by atoms with Gasteiger partial charge in [-0.1, -0.05) is 60.7 Å². The smallest absolute Gasteiger partial charge is 0.410 e. The maximum absolute atomic E-state index is 12.2. The fraction of sp³-hybridized carbons (Fsp3) is 0.160. The molecule has 0 fully saturated rings. The van der Waals surface area contributed by atoms with E-state index in [-0.39, 0.29) is 0 Å². The molecule has 1 amide bonds. The highest BCUT2D eigenvalue weighted by molar-refractivity contribution is 6.04. The van der Waals surface area contributed by atoms with Crippen LogP contribution < -0.4 is 10.1 Å². The first-order valence-corrected chi connectivity index (χ1v) is 9.99. The van der Waals surface area contributed by atoms with Gasteiger partial charge in [-0.2, -0.15) is 0 Å². The zero-order chi connectivity index (χ0) is 20.9. The van der Waals surface area contributed by atoms with E-state index >= 15 is 0 Å². The van der Waals surface area contributed by atoms with Gasteiger partial charge in [0.15, 0.2) is 0 Å². The molecule has 0 saturated carbocycles. The lowest BCUT2D eigenvalue weighted by Gasteiger charge is -2.11. The van der Waals surface area contributed by atoms with Crippen molar-refractivity contribution in [3.8, 4) is 28.1 Å². The van der Waals surface area contributed by atoms with Crippen molar-refractivity contribution in [1.29, 1.82) is 0 Å². The number of benzene rings is 3. The molecule has 0 aliphatic carbocycles. The second kappa shape index (κ2) is 8.84. The largest absolute Gasteiger partial charge is 0.412 e. The van der Waals surface area contributed by atoms with E-state index in [1.165, 1.54) is 0 Å². The first-order valence-electron chi connectivity index (χ1n) is 9.99. The van der Waals surface area contributed by atoms with Crippen LogP contribution in [0, 0.1) is 0 Å². The third-order valence-corrected chi connectivity index (χ3v) is 4.93. The van der Waals surface area contributed by atoms with Gasteiger partial charge >= 0.3 is 6.09 Å². The van der Waals surface area contributed by atoms with Gasteiger partial charge in [0.05, 0.1) is 5.69 Å². The summed E-state index contributed by atoms with van der Waals surface area (Å²) in [6.07, 6.45) is -0.448. The number of fused-ring (bicyclic) bond motifs is 1. The Kier molecular flexibility index (Phi) is 5.82. The molecule has 152 valence electrons. The summed E-state index contributed by atoms with van der Waals surface area (Å²) in [6.45, 7) is 1.29. The minimum atomic E-state index is -0.448. The van der Waals surface area contributed by atoms with E-state index in [1.807, 2.05) is 73.6 Å². The van der Waals surface area contributed by atoms with Crippen molar-refractivity contribution < 1.29 is 9.53 Å². The first kappa shape index (κ1) is 19.7. The zero-order valence-electron chi connectivity index (χ0n) is 17.2. The van der Waals surface area contributed by atoms with Gasteiger partial charge in [-0.15, -0.1) is 0 Å². The molecule has 0 bridgehead atoms. The standard InChI is InChI=1S/C25H25N3O2/c1-28(2)16-15-26-25(29)30-20-13-14-22-21(17-20)23(18-9-5-3-6-10-18)24(27-22)19-11-7-4-8-12-19/h3-14,17,27H,15-16H2,1-2H3,(H,26,29). The highest BCUT2D eigenvalue weighted by atomic mass is 16.6. The van der Waals surface area contributed by atoms with Crippen LogP contribution in [0.2, 0.25) is 0 Å². The summed E-state index contributed by atoms with van der Waals surface area (Å²) in [6, 6.07) is 26.2. The van der Waals surface area contributed by atoms with Crippen LogP contribution in [0.3, 0.4) is 0 Å². The highest BCUT2D eigenvalue weighted by Gasteiger charge is 2.16. The average molecular weight is 399 g/mol. The van der Waals surface area contributed by atoms with Crippen LogP contribution in [0.15, 0.2) is 78.9 Å². The number of amides is 1. The number of nitrogens with one attached hydrogen (secondary N) is 2. The average Bonchev–Trinajstić information content (AvgIpc) is 3.13. The lowest BCUT2D eigenvalue weighted by molar-refractivity contribution is 0.199. The van der Waals surface area contributed by atoms with Crippen molar-refractivity contribution in [3.63, 3.8) is 0 Å². The van der Waals surface area contributed by atoms with Crippen LogP contribution in [0.25, 0.3) is 33.3 Å². The minimum absolute atomic E-state index is 0.448. The summed E-state index contributed by atoms with van der Waals surface area (Å²) in [5, 5.41) is 3.79. The second-order valence-corrected chi connectivity index (χ2v) is 7.43. The molecule has 0 aliphatic heterocycles. The van der Waals surface area contributed by atoms with Crippen molar-refractivity contribution in [2.45, 2.75) is 0 Å². The van der Waals surface area contributed by atoms with Gasteiger partial charge in [-0.25, -0.2) is 4.79 Å². The predicted octanol–water partition coefficient (Wildman–Crippen LogP) is 5.15. The van der Waals surface area contributed by atoms with Gasteiger partial charge in [0.25, 0.3) is 0 Å². The molecule has 2 N–H and O–H groups in total. The number of aromatic amines is 1. The lowest BCUT2D eigenvalue weighted by atomic mass is 9.98. The third kappa shape index (κ3) is 4.36. The molecule has 5 nitrogen and oxygen atoms in total.